The number of amides is 2. The fourth-order valence-electron chi connectivity index (χ4n) is 2.98. The van der Waals surface area contributed by atoms with Crippen LogP contribution < -0.4 is 5.32 Å². The fourth-order valence-corrected chi connectivity index (χ4v) is 2.98. The van der Waals surface area contributed by atoms with Crippen LogP contribution in [0.25, 0.3) is 0 Å². The number of piperidine rings is 1. The van der Waals surface area contributed by atoms with E-state index in [2.05, 4.69) is 17.1 Å². The van der Waals surface area contributed by atoms with E-state index in [1.807, 2.05) is 0 Å². The molecule has 0 spiro atoms. The van der Waals surface area contributed by atoms with Crippen LogP contribution in [-0.2, 0) is 4.79 Å². The van der Waals surface area contributed by atoms with Gasteiger partial charge in [-0.25, -0.2) is 4.79 Å². The van der Waals surface area contributed by atoms with Gasteiger partial charge in [0.25, 0.3) is 0 Å². The number of nitrogens with one attached hydrogen (secondary N) is 1. The van der Waals surface area contributed by atoms with Crippen LogP contribution in [0.1, 0.15) is 32.6 Å². The Labute approximate surface area is 120 Å². The highest BCUT2D eigenvalue weighted by atomic mass is 16.4. The first kappa shape index (κ1) is 15.1. The molecule has 2 unspecified atom stereocenters. The Bertz CT molecular complexity index is 356. The summed E-state index contributed by atoms with van der Waals surface area (Å²) in [7, 11) is 0. The van der Waals surface area contributed by atoms with Crippen molar-refractivity contribution in [3.05, 3.63) is 0 Å². The number of nitrogens with zero attached hydrogens (tertiary/aromatic N) is 2. The third-order valence-corrected chi connectivity index (χ3v) is 4.39. The SMILES string of the molecule is CC(CNC(=O)N1CCC(C(=O)O)C1)N1CCCCC1. The average Bonchev–Trinajstić information content (AvgIpc) is 2.95. The second kappa shape index (κ2) is 6.92. The first-order valence-electron chi connectivity index (χ1n) is 7.57. The summed E-state index contributed by atoms with van der Waals surface area (Å²) in [4.78, 5) is 26.9. The molecule has 0 aliphatic carbocycles. The van der Waals surface area contributed by atoms with Gasteiger partial charge in [-0.15, -0.1) is 0 Å². The summed E-state index contributed by atoms with van der Waals surface area (Å²) in [6.45, 7) is 5.87. The van der Waals surface area contributed by atoms with Gasteiger partial charge in [-0.1, -0.05) is 6.42 Å². The Kier molecular flexibility index (Phi) is 5.23. The highest BCUT2D eigenvalue weighted by molar-refractivity contribution is 5.77. The minimum absolute atomic E-state index is 0.127. The highest BCUT2D eigenvalue weighted by Gasteiger charge is 2.31. The standard InChI is InChI=1S/C14H25N3O3/c1-11(16-6-3-2-4-7-16)9-15-14(20)17-8-5-12(10-17)13(18)19/h11-12H,2-10H2,1H3,(H,15,20)(H,18,19). The lowest BCUT2D eigenvalue weighted by Crippen LogP contribution is -2.47. The van der Waals surface area contributed by atoms with Gasteiger partial charge in [0, 0.05) is 25.7 Å². The largest absolute Gasteiger partial charge is 0.481 e. The van der Waals surface area contributed by atoms with Crippen molar-refractivity contribution in [2.45, 2.75) is 38.6 Å². The average molecular weight is 283 g/mol. The van der Waals surface area contributed by atoms with Crippen molar-refractivity contribution in [3.8, 4) is 0 Å². The smallest absolute Gasteiger partial charge is 0.317 e. The zero-order valence-corrected chi connectivity index (χ0v) is 12.2. The molecule has 0 aromatic heterocycles. The van der Waals surface area contributed by atoms with Gasteiger partial charge in [-0.05, 0) is 39.3 Å². The van der Waals surface area contributed by atoms with E-state index in [1.54, 1.807) is 4.90 Å². The lowest BCUT2D eigenvalue weighted by molar-refractivity contribution is -0.141. The van der Waals surface area contributed by atoms with Crippen LogP contribution in [0.2, 0.25) is 0 Å². The van der Waals surface area contributed by atoms with Gasteiger partial charge in [0.2, 0.25) is 0 Å². The molecule has 114 valence electrons. The number of carboxylic acids is 1. The summed E-state index contributed by atoms with van der Waals surface area (Å²) in [5.74, 6) is -1.21. The van der Waals surface area contributed by atoms with Crippen molar-refractivity contribution in [2.24, 2.45) is 5.92 Å². The third-order valence-electron chi connectivity index (χ3n) is 4.39. The van der Waals surface area contributed by atoms with Crippen molar-refractivity contribution in [1.82, 2.24) is 15.1 Å². The van der Waals surface area contributed by atoms with Crippen LogP contribution >= 0.6 is 0 Å². The molecule has 2 amide bonds. The molecule has 6 nitrogen and oxygen atoms in total. The quantitative estimate of drug-likeness (QED) is 0.806. The van der Waals surface area contributed by atoms with Crippen LogP contribution in [0.5, 0.6) is 0 Å². The molecule has 2 rings (SSSR count). The Morgan fingerprint density at radius 2 is 1.95 bits per heavy atom. The van der Waals surface area contributed by atoms with Crippen LogP contribution in [-0.4, -0.2) is 65.7 Å². The molecule has 6 heteroatoms. The Balaban J connectivity index is 1.71. The molecule has 2 saturated heterocycles. The van der Waals surface area contributed by atoms with Gasteiger partial charge in [-0.3, -0.25) is 9.69 Å². The second-order valence-electron chi connectivity index (χ2n) is 5.90. The van der Waals surface area contributed by atoms with E-state index in [0.717, 1.165) is 13.1 Å². The van der Waals surface area contributed by atoms with Crippen LogP contribution in [0.15, 0.2) is 0 Å². The molecule has 2 atom stereocenters. The molecule has 0 radical (unpaired) electrons. The molecular weight excluding hydrogens is 258 g/mol. The Hall–Kier alpha value is -1.30. The molecule has 0 saturated carbocycles. The zero-order chi connectivity index (χ0) is 14.5. The molecule has 2 aliphatic heterocycles. The summed E-state index contributed by atoms with van der Waals surface area (Å²) < 4.78 is 0. The lowest BCUT2D eigenvalue weighted by atomic mass is 10.1. The van der Waals surface area contributed by atoms with E-state index in [-0.39, 0.29) is 6.03 Å². The highest BCUT2D eigenvalue weighted by Crippen LogP contribution is 2.16. The number of hydrogen-bond acceptors (Lipinski definition) is 3. The Morgan fingerprint density at radius 3 is 2.55 bits per heavy atom. The van der Waals surface area contributed by atoms with Gasteiger partial charge in [-0.2, -0.15) is 0 Å². The maximum Gasteiger partial charge on any atom is 0.317 e. The summed E-state index contributed by atoms with van der Waals surface area (Å²) in [5, 5.41) is 11.9. The molecule has 0 aromatic rings. The van der Waals surface area contributed by atoms with Crippen molar-refractivity contribution in [3.63, 3.8) is 0 Å². The van der Waals surface area contributed by atoms with E-state index in [0.29, 0.717) is 32.1 Å². The number of aliphatic carboxylic acids is 1. The molecule has 2 heterocycles. The molecule has 20 heavy (non-hydrogen) atoms. The van der Waals surface area contributed by atoms with E-state index in [9.17, 15) is 9.59 Å². The normalized spacial score (nSPS) is 25.4. The van der Waals surface area contributed by atoms with E-state index >= 15 is 0 Å². The minimum Gasteiger partial charge on any atom is -0.481 e. The monoisotopic (exact) mass is 283 g/mol. The number of hydrogen-bond donors (Lipinski definition) is 2. The molecule has 2 aliphatic rings. The molecular formula is C14H25N3O3. The van der Waals surface area contributed by atoms with E-state index in [4.69, 9.17) is 5.11 Å². The molecule has 2 fully saturated rings. The number of carbonyl (C=O) groups excluding carboxylic acids is 1. The fraction of sp³-hybridized carbons (Fsp3) is 0.857. The maximum atomic E-state index is 12.0. The van der Waals surface area contributed by atoms with Crippen molar-refractivity contribution in [1.29, 1.82) is 0 Å². The molecule has 2 N–H and O–H groups in total. The maximum absolute atomic E-state index is 12.0. The summed E-state index contributed by atoms with van der Waals surface area (Å²) in [6, 6.07) is 0.217. The second-order valence-corrected chi connectivity index (χ2v) is 5.90. The first-order valence-corrected chi connectivity index (χ1v) is 7.57. The number of likely N-dealkylation sites (tertiary alicyclic amines) is 2. The van der Waals surface area contributed by atoms with Crippen LogP contribution in [0.4, 0.5) is 4.79 Å². The third kappa shape index (κ3) is 3.85. The summed E-state index contributed by atoms with van der Waals surface area (Å²) in [6.07, 6.45) is 4.35. The minimum atomic E-state index is -0.804. The number of rotatable bonds is 4. The van der Waals surface area contributed by atoms with Gasteiger partial charge >= 0.3 is 12.0 Å². The first-order chi connectivity index (χ1) is 9.58. The Morgan fingerprint density at radius 1 is 1.25 bits per heavy atom. The van der Waals surface area contributed by atoms with Crippen LogP contribution in [0.3, 0.4) is 0 Å². The molecule has 0 bridgehead atoms. The number of carbonyl (C=O) groups is 2. The van der Waals surface area contributed by atoms with E-state index < -0.39 is 11.9 Å². The predicted molar refractivity (Wildman–Crippen MR) is 75.6 cm³/mol. The number of urea groups is 1. The lowest BCUT2D eigenvalue weighted by Gasteiger charge is -2.32. The van der Waals surface area contributed by atoms with Gasteiger partial charge in [0.1, 0.15) is 0 Å². The summed E-state index contributed by atoms with van der Waals surface area (Å²) in [5.41, 5.74) is 0. The molecule has 0 aromatic carbocycles. The van der Waals surface area contributed by atoms with Crippen LogP contribution in [0, 0.1) is 5.92 Å². The van der Waals surface area contributed by atoms with Gasteiger partial charge in [0.15, 0.2) is 0 Å². The summed E-state index contributed by atoms with van der Waals surface area (Å²) >= 11 is 0. The van der Waals surface area contributed by atoms with E-state index in [1.165, 1.54) is 19.3 Å². The van der Waals surface area contributed by atoms with Crippen molar-refractivity contribution < 1.29 is 14.7 Å². The van der Waals surface area contributed by atoms with Gasteiger partial charge in [0.05, 0.1) is 5.92 Å². The van der Waals surface area contributed by atoms with Crippen molar-refractivity contribution >= 4 is 12.0 Å². The van der Waals surface area contributed by atoms with Crippen molar-refractivity contribution in [2.75, 3.05) is 32.7 Å². The zero-order valence-electron chi connectivity index (χ0n) is 12.2. The predicted octanol–water partition coefficient (Wildman–Crippen LogP) is 0.977. The van der Waals surface area contributed by atoms with Gasteiger partial charge < -0.3 is 15.3 Å². The topological polar surface area (TPSA) is 72.9 Å². The number of carboxylic acid groups (broad SMARTS) is 1.